The van der Waals surface area contributed by atoms with E-state index >= 15 is 0 Å². The second-order valence-electron chi connectivity index (χ2n) is 15.5. The maximum Gasteiger partial charge on any atom is 0.416 e. The summed E-state index contributed by atoms with van der Waals surface area (Å²) < 4.78 is 81.9. The topological polar surface area (TPSA) is 53.6 Å². The fraction of sp³-hybridized carbons (Fsp3) is 0.641. The van der Waals surface area contributed by atoms with Gasteiger partial charge in [-0.2, -0.15) is 26.3 Å². The van der Waals surface area contributed by atoms with Gasteiger partial charge < -0.3 is 14.7 Å². The summed E-state index contributed by atoms with van der Waals surface area (Å²) in [5, 5.41) is 0. The van der Waals surface area contributed by atoms with Crippen LogP contribution in [0.4, 0.5) is 26.3 Å². The number of alkyl halides is 6. The van der Waals surface area contributed by atoms with Gasteiger partial charge in [-0.15, -0.1) is 0 Å². The fourth-order valence-electron chi connectivity index (χ4n) is 8.83. The Morgan fingerprint density at radius 1 is 0.774 bits per heavy atom. The number of nitrogens with zero attached hydrogens (tertiary/aromatic N) is 6. The quantitative estimate of drug-likeness (QED) is 0.296. The summed E-state index contributed by atoms with van der Waals surface area (Å²) in [4.78, 5) is 40.4. The molecule has 53 heavy (non-hydrogen) atoms. The smallest absolute Gasteiger partial charge is 0.340 e. The molecule has 4 fully saturated rings. The van der Waals surface area contributed by atoms with Gasteiger partial charge in [-0.25, -0.2) is 0 Å². The highest BCUT2D eigenvalue weighted by Gasteiger charge is 2.42. The minimum absolute atomic E-state index is 0.0189. The predicted octanol–water partition coefficient (Wildman–Crippen LogP) is 5.57. The summed E-state index contributed by atoms with van der Waals surface area (Å²) in [6.07, 6.45) is -4.53. The standard InChI is InChI=1S/C39H52F6N6O2/c1-46(2)13-7-15-49-14-6-10-35(49)37(53)50-16-11-33(27-50)48-20-18-47(19-21-48)32-12-17-51(34(26-32)22-28-8-4-3-5-9-28)36(52)29-23-30(38(40,41)42)25-31(24-29)39(43,44)45/h3-5,8-9,23-25,32-35H,6-7,10-22,26-27H2,1-2H3. The van der Waals surface area contributed by atoms with Gasteiger partial charge in [-0.1, -0.05) is 30.3 Å². The molecule has 4 aliphatic rings. The molecular weight excluding hydrogens is 698 g/mol. The lowest BCUT2D eigenvalue weighted by atomic mass is 9.90. The zero-order chi connectivity index (χ0) is 37.9. The first-order valence-electron chi connectivity index (χ1n) is 19.0. The van der Waals surface area contributed by atoms with E-state index in [2.05, 4.69) is 38.6 Å². The van der Waals surface area contributed by atoms with Crippen LogP contribution in [0.5, 0.6) is 0 Å². The van der Waals surface area contributed by atoms with Crippen LogP contribution in [0.15, 0.2) is 48.5 Å². The molecule has 292 valence electrons. The Morgan fingerprint density at radius 3 is 2.02 bits per heavy atom. The van der Waals surface area contributed by atoms with E-state index in [0.717, 1.165) is 90.1 Å². The molecule has 2 aromatic carbocycles. The van der Waals surface area contributed by atoms with E-state index in [4.69, 9.17) is 0 Å². The number of hydrogen-bond donors (Lipinski definition) is 0. The number of halogens is 6. The summed E-state index contributed by atoms with van der Waals surface area (Å²) in [7, 11) is 4.14. The van der Waals surface area contributed by atoms with E-state index in [-0.39, 0.29) is 30.6 Å². The van der Waals surface area contributed by atoms with Gasteiger partial charge in [-0.3, -0.25) is 24.3 Å². The molecule has 0 N–H and O–H groups in total. The maximum absolute atomic E-state index is 13.8. The molecule has 0 saturated carbocycles. The summed E-state index contributed by atoms with van der Waals surface area (Å²) in [6.45, 7) is 7.99. The first-order chi connectivity index (χ1) is 25.2. The maximum atomic E-state index is 13.8. The number of carbonyl (C=O) groups excluding carboxylic acids is 2. The van der Waals surface area contributed by atoms with E-state index in [0.29, 0.717) is 37.4 Å². The van der Waals surface area contributed by atoms with Crippen LogP contribution < -0.4 is 0 Å². The SMILES string of the molecule is CN(C)CCCN1CCCC1C(=O)N1CCC(N2CCN(C3CCN(C(=O)c4cc(C(F)(F)F)cc(C(F)(F)F)c4)C(Cc4ccccc4)C3)CC2)C1. The van der Waals surface area contributed by atoms with E-state index in [1.54, 1.807) is 0 Å². The van der Waals surface area contributed by atoms with Crippen molar-refractivity contribution >= 4 is 11.8 Å². The number of hydrogen-bond acceptors (Lipinski definition) is 6. The first-order valence-corrected chi connectivity index (χ1v) is 19.0. The van der Waals surface area contributed by atoms with Crippen LogP contribution in [0.1, 0.15) is 65.6 Å². The normalized spacial score (nSPS) is 25.5. The Labute approximate surface area is 308 Å². The van der Waals surface area contributed by atoms with E-state index < -0.39 is 41.0 Å². The van der Waals surface area contributed by atoms with Crippen LogP contribution in [0.25, 0.3) is 0 Å². The van der Waals surface area contributed by atoms with Crippen molar-refractivity contribution in [3.63, 3.8) is 0 Å². The molecule has 4 saturated heterocycles. The van der Waals surface area contributed by atoms with Crippen molar-refractivity contribution < 1.29 is 35.9 Å². The van der Waals surface area contributed by atoms with Gasteiger partial charge in [0.25, 0.3) is 5.91 Å². The van der Waals surface area contributed by atoms with Crippen LogP contribution in [0, 0.1) is 0 Å². The van der Waals surface area contributed by atoms with Crippen LogP contribution in [-0.4, -0.2) is 145 Å². The average molecular weight is 751 g/mol. The van der Waals surface area contributed by atoms with E-state index in [1.807, 2.05) is 30.3 Å². The predicted molar refractivity (Wildman–Crippen MR) is 190 cm³/mol. The number of rotatable bonds is 10. The second kappa shape index (κ2) is 16.7. The minimum atomic E-state index is -5.04. The molecule has 2 amide bonds. The third kappa shape index (κ3) is 9.73. The Bertz CT molecular complexity index is 1510. The van der Waals surface area contributed by atoms with Crippen molar-refractivity contribution in [2.75, 3.05) is 79.5 Å². The van der Waals surface area contributed by atoms with Crippen molar-refractivity contribution in [2.45, 2.75) is 81.5 Å². The first kappa shape index (κ1) is 39.5. The van der Waals surface area contributed by atoms with Gasteiger partial charge >= 0.3 is 12.4 Å². The lowest BCUT2D eigenvalue weighted by Gasteiger charge is -2.47. The second-order valence-corrected chi connectivity index (χ2v) is 15.5. The van der Waals surface area contributed by atoms with Gasteiger partial charge in [0.15, 0.2) is 0 Å². The summed E-state index contributed by atoms with van der Waals surface area (Å²) >= 11 is 0. The van der Waals surface area contributed by atoms with Gasteiger partial charge in [0.2, 0.25) is 5.91 Å². The van der Waals surface area contributed by atoms with Crippen molar-refractivity contribution in [1.82, 2.24) is 29.4 Å². The van der Waals surface area contributed by atoms with Gasteiger partial charge in [-0.05, 0) is 95.9 Å². The van der Waals surface area contributed by atoms with Gasteiger partial charge in [0.05, 0.1) is 17.2 Å². The number of carbonyl (C=O) groups is 2. The Morgan fingerprint density at radius 2 is 1.40 bits per heavy atom. The molecule has 4 aliphatic heterocycles. The zero-order valence-electron chi connectivity index (χ0n) is 30.7. The summed E-state index contributed by atoms with van der Waals surface area (Å²) in [5.41, 5.74) is -2.65. The van der Waals surface area contributed by atoms with Gasteiger partial charge in [0, 0.05) is 76.0 Å². The molecule has 14 heteroatoms. The third-order valence-corrected chi connectivity index (χ3v) is 11.7. The number of likely N-dealkylation sites (tertiary alicyclic amines) is 3. The Hall–Kier alpha value is -3.20. The van der Waals surface area contributed by atoms with Crippen molar-refractivity contribution in [1.29, 1.82) is 0 Å². The number of piperazine rings is 1. The van der Waals surface area contributed by atoms with E-state index in [1.165, 1.54) is 4.90 Å². The van der Waals surface area contributed by atoms with Crippen molar-refractivity contribution in [3.05, 3.63) is 70.8 Å². The highest BCUT2D eigenvalue weighted by Crippen LogP contribution is 2.37. The molecule has 4 unspecified atom stereocenters. The number of amides is 2. The minimum Gasteiger partial charge on any atom is -0.340 e. The lowest BCUT2D eigenvalue weighted by molar-refractivity contribution is -0.143. The number of piperidine rings is 1. The molecule has 0 aromatic heterocycles. The molecule has 6 rings (SSSR count). The van der Waals surface area contributed by atoms with Crippen molar-refractivity contribution in [3.8, 4) is 0 Å². The lowest BCUT2D eigenvalue weighted by Crippen LogP contribution is -2.58. The third-order valence-electron chi connectivity index (χ3n) is 11.7. The van der Waals surface area contributed by atoms with Crippen LogP contribution in [-0.2, 0) is 23.6 Å². The highest BCUT2D eigenvalue weighted by molar-refractivity contribution is 5.95. The molecule has 0 aliphatic carbocycles. The monoisotopic (exact) mass is 750 g/mol. The summed E-state index contributed by atoms with van der Waals surface area (Å²) in [6, 6.07) is 10.6. The largest absolute Gasteiger partial charge is 0.416 e. The summed E-state index contributed by atoms with van der Waals surface area (Å²) in [5.74, 6) is -0.556. The molecule has 4 heterocycles. The number of benzene rings is 2. The van der Waals surface area contributed by atoms with Crippen LogP contribution in [0.3, 0.4) is 0 Å². The Kier molecular flexibility index (Phi) is 12.4. The molecule has 0 spiro atoms. The van der Waals surface area contributed by atoms with E-state index in [9.17, 15) is 35.9 Å². The van der Waals surface area contributed by atoms with Gasteiger partial charge in [0.1, 0.15) is 0 Å². The molecule has 2 aromatic rings. The average Bonchev–Trinajstić information content (AvgIpc) is 3.81. The fourth-order valence-corrected chi connectivity index (χ4v) is 8.83. The molecule has 8 nitrogen and oxygen atoms in total. The van der Waals surface area contributed by atoms with Crippen LogP contribution >= 0.6 is 0 Å². The van der Waals surface area contributed by atoms with Crippen molar-refractivity contribution in [2.24, 2.45) is 0 Å². The molecule has 0 radical (unpaired) electrons. The highest BCUT2D eigenvalue weighted by atomic mass is 19.4. The van der Waals surface area contributed by atoms with Crippen LogP contribution in [0.2, 0.25) is 0 Å². The zero-order valence-corrected chi connectivity index (χ0v) is 30.7. The molecule has 0 bridgehead atoms. The molecular formula is C39H52F6N6O2. The Balaban J connectivity index is 1.08. The molecule has 4 atom stereocenters.